The SMILES string of the molecule is CC(C)N1CCc2cc(C(=O)Nc3cccc(-c4cccc(NC(=O)c5nc6c(n5C)CCN(C[C@H]5CC[C@H](C=O)CC5)C6)c4Cl)c3Cl)ncc2C1. The first-order chi connectivity index (χ1) is 25.1. The van der Waals surface area contributed by atoms with E-state index in [-0.39, 0.29) is 17.7 Å². The van der Waals surface area contributed by atoms with Gasteiger partial charge in [-0.2, -0.15) is 0 Å². The molecule has 2 N–H and O–H groups in total. The third-order valence-electron chi connectivity index (χ3n) is 11.0. The van der Waals surface area contributed by atoms with E-state index < -0.39 is 0 Å². The molecule has 4 aromatic rings. The molecule has 0 atom stereocenters. The average Bonchev–Trinajstić information content (AvgIpc) is 3.48. The largest absolute Gasteiger partial charge is 0.327 e. The first-order valence-corrected chi connectivity index (χ1v) is 19.0. The molecule has 1 fully saturated rings. The van der Waals surface area contributed by atoms with Gasteiger partial charge in [-0.15, -0.1) is 0 Å². The van der Waals surface area contributed by atoms with E-state index in [2.05, 4.69) is 39.3 Å². The molecule has 2 amide bonds. The zero-order chi connectivity index (χ0) is 36.5. The van der Waals surface area contributed by atoms with Crippen molar-refractivity contribution in [3.63, 3.8) is 0 Å². The van der Waals surface area contributed by atoms with Crippen LogP contribution in [0.2, 0.25) is 10.0 Å². The van der Waals surface area contributed by atoms with Crippen molar-refractivity contribution in [2.75, 3.05) is 30.3 Å². The lowest BCUT2D eigenvalue weighted by molar-refractivity contribution is -0.112. The molecular weight excluding hydrogens is 697 g/mol. The number of imidazole rings is 1. The van der Waals surface area contributed by atoms with Crippen LogP contribution in [0.1, 0.15) is 83.2 Å². The number of fused-ring (bicyclic) bond motifs is 2. The van der Waals surface area contributed by atoms with Crippen LogP contribution in [0.3, 0.4) is 0 Å². The molecule has 4 heterocycles. The van der Waals surface area contributed by atoms with E-state index in [0.717, 1.165) is 93.5 Å². The van der Waals surface area contributed by atoms with Crippen molar-refractivity contribution in [3.05, 3.63) is 92.7 Å². The summed E-state index contributed by atoms with van der Waals surface area (Å²) in [5.74, 6) is 0.437. The molecule has 1 aliphatic carbocycles. The normalized spacial score (nSPS) is 19.2. The Morgan fingerprint density at radius 3 is 2.23 bits per heavy atom. The van der Waals surface area contributed by atoms with Gasteiger partial charge in [-0.25, -0.2) is 4.98 Å². The molecule has 2 aromatic carbocycles. The minimum atomic E-state index is -0.351. The number of hydrogen-bond acceptors (Lipinski definition) is 7. The molecule has 0 radical (unpaired) electrons. The number of nitrogens with one attached hydrogen (secondary N) is 2. The Labute approximate surface area is 314 Å². The number of halogens is 2. The van der Waals surface area contributed by atoms with Crippen LogP contribution in [-0.4, -0.2) is 68.1 Å². The Bertz CT molecular complexity index is 2000. The van der Waals surface area contributed by atoms with Gasteiger partial charge in [0.25, 0.3) is 11.8 Å². The third kappa shape index (κ3) is 7.53. The molecule has 2 aromatic heterocycles. The summed E-state index contributed by atoms with van der Waals surface area (Å²) in [6.07, 6.45) is 8.71. The van der Waals surface area contributed by atoms with Crippen LogP contribution in [0.15, 0.2) is 48.7 Å². The number of benzene rings is 2. The summed E-state index contributed by atoms with van der Waals surface area (Å²) in [6.45, 7) is 8.74. The highest BCUT2D eigenvalue weighted by molar-refractivity contribution is 6.40. The second-order valence-electron chi connectivity index (χ2n) is 14.7. The van der Waals surface area contributed by atoms with Crippen LogP contribution in [0, 0.1) is 11.8 Å². The van der Waals surface area contributed by atoms with Crippen LogP contribution in [-0.2, 0) is 37.8 Å². The van der Waals surface area contributed by atoms with E-state index in [1.54, 1.807) is 30.5 Å². The van der Waals surface area contributed by atoms with Gasteiger partial charge >= 0.3 is 0 Å². The maximum Gasteiger partial charge on any atom is 0.291 e. The molecule has 0 unspecified atom stereocenters. The number of pyridine rings is 1. The zero-order valence-electron chi connectivity index (χ0n) is 29.9. The fraction of sp³-hybridized carbons (Fsp3) is 0.425. The van der Waals surface area contributed by atoms with Gasteiger partial charge in [-0.05, 0) is 81.2 Å². The second kappa shape index (κ2) is 15.5. The molecule has 0 saturated heterocycles. The van der Waals surface area contributed by atoms with E-state index >= 15 is 0 Å². The summed E-state index contributed by atoms with van der Waals surface area (Å²) in [7, 11) is 1.88. The van der Waals surface area contributed by atoms with Gasteiger partial charge in [0.1, 0.15) is 12.0 Å². The first kappa shape index (κ1) is 36.3. The van der Waals surface area contributed by atoms with Crippen molar-refractivity contribution in [3.8, 4) is 11.1 Å². The fourth-order valence-electron chi connectivity index (χ4n) is 7.88. The molecule has 2 aliphatic heterocycles. The first-order valence-electron chi connectivity index (χ1n) is 18.2. The van der Waals surface area contributed by atoms with E-state index in [0.29, 0.717) is 62.6 Å². The van der Waals surface area contributed by atoms with Gasteiger partial charge in [-0.3, -0.25) is 24.4 Å². The summed E-state index contributed by atoms with van der Waals surface area (Å²) in [5.41, 5.74) is 6.70. The number of nitrogens with zero attached hydrogens (tertiary/aromatic N) is 5. The summed E-state index contributed by atoms with van der Waals surface area (Å²) in [5, 5.41) is 6.55. The van der Waals surface area contributed by atoms with Crippen LogP contribution in [0.25, 0.3) is 11.1 Å². The molecule has 1 saturated carbocycles. The molecule has 3 aliphatic rings. The minimum Gasteiger partial charge on any atom is -0.327 e. The van der Waals surface area contributed by atoms with E-state index in [4.69, 9.17) is 28.2 Å². The Morgan fingerprint density at radius 2 is 1.58 bits per heavy atom. The highest BCUT2D eigenvalue weighted by atomic mass is 35.5. The van der Waals surface area contributed by atoms with Crippen molar-refractivity contribution >= 4 is 52.7 Å². The van der Waals surface area contributed by atoms with E-state index in [1.807, 2.05) is 29.8 Å². The fourth-order valence-corrected chi connectivity index (χ4v) is 8.43. The van der Waals surface area contributed by atoms with Gasteiger partial charge in [0.2, 0.25) is 0 Å². The average molecular weight is 743 g/mol. The minimum absolute atomic E-state index is 0.213. The van der Waals surface area contributed by atoms with Gasteiger partial charge in [-0.1, -0.05) is 47.5 Å². The highest BCUT2D eigenvalue weighted by Crippen LogP contribution is 2.40. The summed E-state index contributed by atoms with van der Waals surface area (Å²) >= 11 is 13.9. The predicted molar refractivity (Wildman–Crippen MR) is 205 cm³/mol. The Morgan fingerprint density at radius 1 is 0.904 bits per heavy atom. The van der Waals surface area contributed by atoms with Crippen molar-refractivity contribution in [1.29, 1.82) is 0 Å². The van der Waals surface area contributed by atoms with Gasteiger partial charge < -0.3 is 20.0 Å². The number of amides is 2. The number of anilines is 2. The van der Waals surface area contributed by atoms with Gasteiger partial charge in [0.15, 0.2) is 5.82 Å². The quantitative estimate of drug-likeness (QED) is 0.172. The molecule has 0 bridgehead atoms. The van der Waals surface area contributed by atoms with E-state index in [1.165, 1.54) is 0 Å². The lowest BCUT2D eigenvalue weighted by Gasteiger charge is -2.33. The monoisotopic (exact) mass is 741 g/mol. The standard InChI is InChI=1S/C40H45Cl2N7O3/c1-24(2)49-17-14-27-18-33(43-19-28(27)21-49)39(51)45-31-8-4-6-29(36(31)41)30-7-5-9-32(37(30)42)46-40(52)38-44-34-22-48(16-15-35(34)47(38)3)20-25-10-12-26(23-50)13-11-25/h4-9,18-19,23-26H,10-17,20-22H2,1-3H3,(H,45,51)(H,46,52)/t25-,26-. The predicted octanol–water partition coefficient (Wildman–Crippen LogP) is 7.42. The maximum absolute atomic E-state index is 13.6. The van der Waals surface area contributed by atoms with Crippen LogP contribution in [0.4, 0.5) is 11.4 Å². The van der Waals surface area contributed by atoms with Crippen LogP contribution < -0.4 is 10.6 Å². The topological polar surface area (TPSA) is 112 Å². The summed E-state index contributed by atoms with van der Waals surface area (Å²) < 4.78 is 1.88. The Balaban J connectivity index is 1.03. The van der Waals surface area contributed by atoms with E-state index in [9.17, 15) is 14.4 Å². The van der Waals surface area contributed by atoms with Crippen molar-refractivity contribution < 1.29 is 14.4 Å². The van der Waals surface area contributed by atoms with Gasteiger partial charge in [0, 0.05) is 81.2 Å². The number of hydrogen-bond donors (Lipinski definition) is 2. The molecule has 52 heavy (non-hydrogen) atoms. The van der Waals surface area contributed by atoms with Crippen molar-refractivity contribution in [1.82, 2.24) is 24.3 Å². The van der Waals surface area contributed by atoms with Crippen molar-refractivity contribution in [2.24, 2.45) is 18.9 Å². The highest BCUT2D eigenvalue weighted by Gasteiger charge is 2.29. The van der Waals surface area contributed by atoms with Crippen molar-refractivity contribution in [2.45, 2.75) is 71.5 Å². The number of rotatable bonds is 9. The third-order valence-corrected chi connectivity index (χ3v) is 11.8. The molecule has 0 spiro atoms. The zero-order valence-corrected chi connectivity index (χ0v) is 31.4. The lowest BCUT2D eigenvalue weighted by Crippen LogP contribution is -2.36. The molecule has 272 valence electrons. The number of aromatic nitrogens is 3. The van der Waals surface area contributed by atoms with Crippen LogP contribution >= 0.6 is 23.2 Å². The summed E-state index contributed by atoms with van der Waals surface area (Å²) in [6, 6.07) is 13.1. The number of aldehydes is 1. The molecular formula is C40H45Cl2N7O3. The van der Waals surface area contributed by atoms with Gasteiger partial charge in [0.05, 0.1) is 27.1 Å². The second-order valence-corrected chi connectivity index (χ2v) is 15.4. The molecule has 10 nitrogen and oxygen atoms in total. The number of carbonyl (C=O) groups excluding carboxylic acids is 3. The smallest absolute Gasteiger partial charge is 0.291 e. The maximum atomic E-state index is 13.6. The Hall–Kier alpha value is -4.09. The molecule has 12 heteroatoms. The number of carbonyl (C=O) groups is 3. The lowest BCUT2D eigenvalue weighted by atomic mass is 9.82. The van der Waals surface area contributed by atoms with Crippen LogP contribution in [0.5, 0.6) is 0 Å². The Kier molecular flexibility index (Phi) is 10.8. The molecule has 7 rings (SSSR count). The summed E-state index contributed by atoms with van der Waals surface area (Å²) in [4.78, 5) is 52.2.